The molecule has 2 N–H and O–H groups in total. The Morgan fingerprint density at radius 3 is 2.69 bits per heavy atom. The molecule has 0 amide bonds. The number of carbonyl (C=O) groups excluding carboxylic acids is 2. The predicted molar refractivity (Wildman–Crippen MR) is 112 cm³/mol. The third-order valence-corrected chi connectivity index (χ3v) is 5.64. The molecule has 6 nitrogen and oxygen atoms in total. The number of unbranched alkanes of at least 4 members (excludes halogenated alkanes) is 2. The Balaban J connectivity index is 2.49. The lowest BCUT2D eigenvalue weighted by atomic mass is 9.89. The van der Waals surface area contributed by atoms with Gasteiger partial charge in [0.05, 0.1) is 19.3 Å². The summed E-state index contributed by atoms with van der Waals surface area (Å²) in [6.07, 6.45) is 11.6. The molecule has 1 saturated carbocycles. The minimum atomic E-state index is -0.694. The number of hydrogen-bond acceptors (Lipinski definition) is 6. The van der Waals surface area contributed by atoms with Gasteiger partial charge in [0.15, 0.2) is 0 Å². The van der Waals surface area contributed by atoms with Crippen molar-refractivity contribution in [2.75, 3.05) is 20.8 Å². The largest absolute Gasteiger partial charge is 0.469 e. The molecule has 1 aliphatic rings. The monoisotopic (exact) mass is 410 g/mol. The van der Waals surface area contributed by atoms with Crippen LogP contribution in [0.2, 0.25) is 0 Å². The molecule has 29 heavy (non-hydrogen) atoms. The first kappa shape index (κ1) is 25.5. The number of carbonyl (C=O) groups is 2. The number of Topliss-reactive ketones (excluding diaryl/α,β-unsaturated/α-hetero) is 1. The normalized spacial score (nSPS) is 24.4. The van der Waals surface area contributed by atoms with Crippen molar-refractivity contribution in [2.24, 2.45) is 17.8 Å². The first-order chi connectivity index (χ1) is 13.9. The van der Waals surface area contributed by atoms with Crippen LogP contribution < -0.4 is 0 Å². The molecule has 2 unspecified atom stereocenters. The summed E-state index contributed by atoms with van der Waals surface area (Å²) in [5.41, 5.74) is 0. The molecule has 0 radical (unpaired) electrons. The highest BCUT2D eigenvalue weighted by Gasteiger charge is 2.39. The molecule has 5 atom stereocenters. The van der Waals surface area contributed by atoms with Crippen LogP contribution in [-0.4, -0.2) is 55.0 Å². The quantitative estimate of drug-likeness (QED) is 0.259. The van der Waals surface area contributed by atoms with E-state index in [4.69, 9.17) is 4.74 Å². The van der Waals surface area contributed by atoms with Crippen molar-refractivity contribution < 1.29 is 29.3 Å². The average Bonchev–Trinajstić information content (AvgIpc) is 2.97. The Morgan fingerprint density at radius 2 is 2.00 bits per heavy atom. The highest BCUT2D eigenvalue weighted by molar-refractivity contribution is 5.84. The molecule has 0 aromatic carbocycles. The number of aliphatic hydroxyl groups excluding tert-OH is 2. The maximum Gasteiger partial charge on any atom is 0.305 e. The van der Waals surface area contributed by atoms with Crippen molar-refractivity contribution in [3.8, 4) is 0 Å². The van der Waals surface area contributed by atoms with E-state index in [-0.39, 0.29) is 35.9 Å². The maximum absolute atomic E-state index is 12.3. The van der Waals surface area contributed by atoms with Crippen LogP contribution >= 0.6 is 0 Å². The van der Waals surface area contributed by atoms with E-state index in [0.29, 0.717) is 19.3 Å². The van der Waals surface area contributed by atoms with Crippen LogP contribution in [0.5, 0.6) is 0 Å². The van der Waals surface area contributed by atoms with Gasteiger partial charge in [-0.05, 0) is 38.0 Å². The van der Waals surface area contributed by atoms with Gasteiger partial charge in [-0.1, -0.05) is 37.6 Å². The molecule has 1 fully saturated rings. The summed E-state index contributed by atoms with van der Waals surface area (Å²) in [5, 5.41) is 20.6. The Bertz CT molecular complexity index is 541. The number of allylic oxidation sites excluding steroid dienone is 2. The van der Waals surface area contributed by atoms with Crippen LogP contribution in [0.1, 0.15) is 58.3 Å². The number of rotatable bonds is 14. The number of ether oxygens (including phenoxy) is 2. The van der Waals surface area contributed by atoms with Crippen LogP contribution in [0, 0.1) is 17.8 Å². The lowest BCUT2D eigenvalue weighted by molar-refractivity contribution is -0.140. The van der Waals surface area contributed by atoms with Gasteiger partial charge in [-0.3, -0.25) is 9.59 Å². The molecule has 0 heterocycles. The zero-order valence-corrected chi connectivity index (χ0v) is 18.1. The number of methoxy groups -OCH3 is 2. The zero-order chi connectivity index (χ0) is 21.6. The molecular formula is C23H38O6. The van der Waals surface area contributed by atoms with Gasteiger partial charge in [-0.25, -0.2) is 0 Å². The van der Waals surface area contributed by atoms with E-state index in [1.165, 1.54) is 7.11 Å². The van der Waals surface area contributed by atoms with Crippen molar-refractivity contribution in [3.63, 3.8) is 0 Å². The summed E-state index contributed by atoms with van der Waals surface area (Å²) < 4.78 is 9.64. The summed E-state index contributed by atoms with van der Waals surface area (Å²) in [7, 11) is 3.06. The van der Waals surface area contributed by atoms with Gasteiger partial charge in [-0.2, -0.15) is 0 Å². The molecule has 1 rings (SSSR count). The van der Waals surface area contributed by atoms with Gasteiger partial charge in [0, 0.05) is 38.4 Å². The van der Waals surface area contributed by atoms with E-state index in [2.05, 4.69) is 4.74 Å². The van der Waals surface area contributed by atoms with Crippen LogP contribution in [0.15, 0.2) is 24.3 Å². The van der Waals surface area contributed by atoms with Crippen molar-refractivity contribution >= 4 is 11.8 Å². The van der Waals surface area contributed by atoms with Gasteiger partial charge in [0.1, 0.15) is 5.78 Å². The molecule has 0 aromatic heterocycles. The smallest absolute Gasteiger partial charge is 0.305 e. The fourth-order valence-electron chi connectivity index (χ4n) is 3.67. The van der Waals surface area contributed by atoms with E-state index in [9.17, 15) is 19.8 Å². The standard InChI is InChI=1S/C23H38O6/c1-17(10-8-9-15-28-2)20(24)14-13-19-18(21(25)16-22(19)26)11-6-4-5-7-12-23(27)29-3/h4,6,13-14,17-20,22,24,26H,5,7-12,15-16H2,1-3H3/b6-4-,14-13+/t17?,18-,19-,20?,22-/m1/s1. The van der Waals surface area contributed by atoms with Gasteiger partial charge >= 0.3 is 5.97 Å². The van der Waals surface area contributed by atoms with Gasteiger partial charge in [0.25, 0.3) is 0 Å². The van der Waals surface area contributed by atoms with E-state index in [1.807, 2.05) is 25.2 Å². The van der Waals surface area contributed by atoms with E-state index < -0.39 is 12.2 Å². The molecule has 0 spiro atoms. The highest BCUT2D eigenvalue weighted by atomic mass is 16.5. The molecule has 0 aliphatic heterocycles. The van der Waals surface area contributed by atoms with Gasteiger partial charge in [-0.15, -0.1) is 0 Å². The van der Waals surface area contributed by atoms with E-state index >= 15 is 0 Å². The molecule has 0 saturated heterocycles. The highest BCUT2D eigenvalue weighted by Crippen LogP contribution is 2.33. The summed E-state index contributed by atoms with van der Waals surface area (Å²) in [6, 6.07) is 0. The summed E-state index contributed by atoms with van der Waals surface area (Å²) >= 11 is 0. The Morgan fingerprint density at radius 1 is 1.24 bits per heavy atom. The van der Waals surface area contributed by atoms with E-state index in [0.717, 1.165) is 32.3 Å². The Hall–Kier alpha value is -1.50. The second-order valence-corrected chi connectivity index (χ2v) is 7.94. The minimum Gasteiger partial charge on any atom is -0.469 e. The third-order valence-electron chi connectivity index (χ3n) is 5.64. The van der Waals surface area contributed by atoms with Crippen molar-refractivity contribution in [2.45, 2.75) is 70.5 Å². The molecule has 166 valence electrons. The molecule has 6 heteroatoms. The summed E-state index contributed by atoms with van der Waals surface area (Å²) in [5.74, 6) is -0.567. The van der Waals surface area contributed by atoms with E-state index in [1.54, 1.807) is 13.2 Å². The zero-order valence-electron chi connectivity index (χ0n) is 18.1. The van der Waals surface area contributed by atoms with Gasteiger partial charge in [0.2, 0.25) is 0 Å². The second kappa shape index (κ2) is 14.5. The van der Waals surface area contributed by atoms with Crippen molar-refractivity contribution in [1.82, 2.24) is 0 Å². The minimum absolute atomic E-state index is 0.0634. The SMILES string of the molecule is COCCCCC(C)C(O)/C=C/[C@H]1[C@H](O)CC(=O)[C@@H]1C/C=C\CCCC(=O)OC. The third kappa shape index (κ3) is 9.70. The second-order valence-electron chi connectivity index (χ2n) is 7.94. The number of esters is 1. The first-order valence-electron chi connectivity index (χ1n) is 10.7. The van der Waals surface area contributed by atoms with Crippen molar-refractivity contribution in [3.05, 3.63) is 24.3 Å². The summed E-state index contributed by atoms with van der Waals surface area (Å²) in [4.78, 5) is 23.3. The Labute approximate surface area is 175 Å². The number of hydrogen-bond donors (Lipinski definition) is 2. The fourth-order valence-corrected chi connectivity index (χ4v) is 3.67. The molecule has 0 aromatic rings. The summed E-state index contributed by atoms with van der Waals surface area (Å²) in [6.45, 7) is 2.74. The van der Waals surface area contributed by atoms with Crippen LogP contribution in [-0.2, 0) is 19.1 Å². The molecule has 1 aliphatic carbocycles. The maximum atomic E-state index is 12.3. The number of aliphatic hydroxyl groups is 2. The van der Waals surface area contributed by atoms with Crippen LogP contribution in [0.3, 0.4) is 0 Å². The van der Waals surface area contributed by atoms with Crippen LogP contribution in [0.25, 0.3) is 0 Å². The predicted octanol–water partition coefficient (Wildman–Crippen LogP) is 3.21. The Kier molecular flexibility index (Phi) is 12.7. The number of ketones is 1. The van der Waals surface area contributed by atoms with Gasteiger partial charge < -0.3 is 19.7 Å². The molecular weight excluding hydrogens is 372 g/mol. The lowest BCUT2D eigenvalue weighted by Gasteiger charge is -2.19. The molecule has 0 bridgehead atoms. The fraction of sp³-hybridized carbons (Fsp3) is 0.739. The average molecular weight is 411 g/mol. The first-order valence-corrected chi connectivity index (χ1v) is 10.7. The lowest BCUT2D eigenvalue weighted by Crippen LogP contribution is -2.20. The van der Waals surface area contributed by atoms with Crippen molar-refractivity contribution in [1.29, 1.82) is 0 Å². The topological polar surface area (TPSA) is 93.1 Å². The van der Waals surface area contributed by atoms with Crippen LogP contribution in [0.4, 0.5) is 0 Å².